The second kappa shape index (κ2) is 5.90. The van der Waals surface area contributed by atoms with Crippen LogP contribution in [0.15, 0.2) is 30.5 Å². The molecular weight excluding hydrogens is 201 g/mol. The molecule has 0 saturated heterocycles. The van der Waals surface area contributed by atoms with Gasteiger partial charge in [0.1, 0.15) is 0 Å². The van der Waals surface area contributed by atoms with Crippen molar-refractivity contribution >= 4 is 5.78 Å². The third kappa shape index (κ3) is 3.21. The zero-order valence-electron chi connectivity index (χ0n) is 7.46. The molecule has 0 aliphatic heterocycles. The van der Waals surface area contributed by atoms with Gasteiger partial charge in [-0.3, -0.25) is 4.79 Å². The van der Waals surface area contributed by atoms with Crippen LogP contribution in [0.2, 0.25) is 0 Å². The van der Waals surface area contributed by atoms with Crippen molar-refractivity contribution in [1.82, 2.24) is 0 Å². The number of hydrogen-bond donors (Lipinski definition) is 0. The number of ketones is 1. The first kappa shape index (κ1) is 13.3. The second-order valence-electron chi connectivity index (χ2n) is 2.30. The second-order valence-corrected chi connectivity index (χ2v) is 2.30. The minimum Gasteiger partial charge on any atom is -0.878 e. The largest absolute Gasteiger partial charge is 1.00 e. The molecule has 14 heavy (non-hydrogen) atoms. The predicted molar refractivity (Wildman–Crippen MR) is 39.8 cm³/mol. The number of carbonyl (C=O) groups excluding carboxylic acids is 1. The summed E-state index contributed by atoms with van der Waals surface area (Å²) in [6, 6.07) is 2.69. The fourth-order valence-electron chi connectivity index (χ4n) is 0.807. The number of hydrogen-bond acceptors (Lipinski definition) is 2. The van der Waals surface area contributed by atoms with E-state index < -0.39 is 17.4 Å². The van der Waals surface area contributed by atoms with E-state index in [1.807, 2.05) is 0 Å². The summed E-state index contributed by atoms with van der Waals surface area (Å²) >= 11 is 0. The van der Waals surface area contributed by atoms with E-state index in [2.05, 4.69) is 0 Å². The molecular formula is C9H5F2NaO2. The summed E-state index contributed by atoms with van der Waals surface area (Å²) in [7, 11) is 0. The number of allylic oxidation sites excluding steroid dienone is 1. The summed E-state index contributed by atoms with van der Waals surface area (Å²) in [4.78, 5) is 10.9. The van der Waals surface area contributed by atoms with E-state index in [9.17, 15) is 18.7 Å². The van der Waals surface area contributed by atoms with Crippen LogP contribution in [-0.2, 0) is 0 Å². The fraction of sp³-hybridized carbons (Fsp3) is 0. The molecule has 5 heteroatoms. The number of benzene rings is 1. The Bertz CT molecular complexity index is 364. The monoisotopic (exact) mass is 206 g/mol. The van der Waals surface area contributed by atoms with E-state index >= 15 is 0 Å². The molecule has 1 aromatic rings. The Labute approximate surface area is 102 Å². The standard InChI is InChI=1S/C9H6F2O2.Na/c10-7-2-1-6(5-8(7)11)9(13)3-4-12;/h1-5,12H;/q;+1/p-1. The molecule has 0 atom stereocenters. The molecule has 0 aliphatic rings. The van der Waals surface area contributed by atoms with Gasteiger partial charge in [0.25, 0.3) is 0 Å². The third-order valence-electron chi connectivity index (χ3n) is 1.42. The van der Waals surface area contributed by atoms with Gasteiger partial charge < -0.3 is 5.11 Å². The molecule has 0 unspecified atom stereocenters. The van der Waals surface area contributed by atoms with E-state index in [0.717, 1.165) is 24.3 Å². The van der Waals surface area contributed by atoms with E-state index in [0.29, 0.717) is 6.26 Å². The zero-order chi connectivity index (χ0) is 9.84. The molecule has 0 spiro atoms. The molecule has 0 aliphatic carbocycles. The van der Waals surface area contributed by atoms with Crippen LogP contribution >= 0.6 is 0 Å². The van der Waals surface area contributed by atoms with Crippen molar-refractivity contribution in [2.75, 3.05) is 0 Å². The van der Waals surface area contributed by atoms with Crippen LogP contribution in [0.25, 0.3) is 0 Å². The predicted octanol–water partition coefficient (Wildman–Crippen LogP) is -1.97. The van der Waals surface area contributed by atoms with Crippen LogP contribution < -0.4 is 34.7 Å². The molecule has 68 valence electrons. The van der Waals surface area contributed by atoms with Gasteiger partial charge in [-0.15, -0.1) is 6.26 Å². The smallest absolute Gasteiger partial charge is 0.878 e. The van der Waals surface area contributed by atoms with Gasteiger partial charge in [-0.2, -0.15) is 0 Å². The molecule has 0 heterocycles. The van der Waals surface area contributed by atoms with Crippen molar-refractivity contribution in [3.8, 4) is 0 Å². The van der Waals surface area contributed by atoms with Crippen LogP contribution in [-0.4, -0.2) is 5.78 Å². The molecule has 0 N–H and O–H groups in total. The first-order valence-corrected chi connectivity index (χ1v) is 3.43. The van der Waals surface area contributed by atoms with Crippen molar-refractivity contribution in [3.63, 3.8) is 0 Å². The van der Waals surface area contributed by atoms with Crippen LogP contribution in [0.3, 0.4) is 0 Å². The summed E-state index contributed by atoms with van der Waals surface area (Å²) in [5.74, 6) is -2.78. The number of halogens is 2. The van der Waals surface area contributed by atoms with Gasteiger partial charge >= 0.3 is 29.6 Å². The molecule has 0 saturated carbocycles. The van der Waals surface area contributed by atoms with E-state index in [-0.39, 0.29) is 35.1 Å². The topological polar surface area (TPSA) is 40.1 Å². The summed E-state index contributed by atoms with van der Waals surface area (Å²) in [6.45, 7) is 0. The van der Waals surface area contributed by atoms with E-state index in [1.165, 1.54) is 0 Å². The summed E-state index contributed by atoms with van der Waals surface area (Å²) < 4.78 is 24.9. The molecule has 0 amide bonds. The van der Waals surface area contributed by atoms with Gasteiger partial charge in [0, 0.05) is 5.56 Å². The Morgan fingerprint density at radius 3 is 2.43 bits per heavy atom. The Morgan fingerprint density at radius 2 is 1.93 bits per heavy atom. The van der Waals surface area contributed by atoms with Crippen molar-refractivity contribution in [1.29, 1.82) is 0 Å². The first-order valence-electron chi connectivity index (χ1n) is 3.43. The van der Waals surface area contributed by atoms with Gasteiger partial charge in [0.2, 0.25) is 0 Å². The summed E-state index contributed by atoms with van der Waals surface area (Å²) in [5, 5.41) is 9.90. The minimum absolute atomic E-state index is 0. The normalized spacial score (nSPS) is 9.86. The molecule has 0 aromatic heterocycles. The van der Waals surface area contributed by atoms with E-state index in [4.69, 9.17) is 0 Å². The van der Waals surface area contributed by atoms with Crippen molar-refractivity contribution < 1.29 is 48.2 Å². The molecule has 0 fully saturated rings. The van der Waals surface area contributed by atoms with Crippen LogP contribution in [0, 0.1) is 11.6 Å². The van der Waals surface area contributed by atoms with Gasteiger partial charge in [0.15, 0.2) is 17.4 Å². The number of rotatable bonds is 2. The summed E-state index contributed by atoms with van der Waals surface area (Å²) in [5.41, 5.74) is -0.0500. The van der Waals surface area contributed by atoms with Crippen LogP contribution in [0.1, 0.15) is 10.4 Å². The van der Waals surface area contributed by atoms with Gasteiger partial charge in [-0.05, 0) is 24.3 Å². The number of carbonyl (C=O) groups is 1. The quantitative estimate of drug-likeness (QED) is 0.243. The van der Waals surface area contributed by atoms with Crippen LogP contribution in [0.5, 0.6) is 0 Å². The van der Waals surface area contributed by atoms with Crippen molar-refractivity contribution in [2.24, 2.45) is 0 Å². The van der Waals surface area contributed by atoms with Gasteiger partial charge in [-0.25, -0.2) is 8.78 Å². The third-order valence-corrected chi connectivity index (χ3v) is 1.42. The van der Waals surface area contributed by atoms with Crippen molar-refractivity contribution in [3.05, 3.63) is 47.7 Å². The van der Waals surface area contributed by atoms with E-state index in [1.54, 1.807) is 0 Å². The Kier molecular flexibility index (Phi) is 5.60. The van der Waals surface area contributed by atoms with Crippen LogP contribution in [0.4, 0.5) is 8.78 Å². The SMILES string of the molecule is O=C(C=C[O-])c1ccc(F)c(F)c1.[Na+]. The Morgan fingerprint density at radius 1 is 1.29 bits per heavy atom. The molecule has 0 bridgehead atoms. The Hall–Kier alpha value is -0.710. The molecule has 2 nitrogen and oxygen atoms in total. The first-order chi connectivity index (χ1) is 6.15. The van der Waals surface area contributed by atoms with Gasteiger partial charge in [-0.1, -0.05) is 0 Å². The Balaban J connectivity index is 0.00000169. The fourth-order valence-corrected chi connectivity index (χ4v) is 0.807. The zero-order valence-corrected chi connectivity index (χ0v) is 9.46. The average molecular weight is 206 g/mol. The maximum absolute atomic E-state index is 12.6. The maximum Gasteiger partial charge on any atom is 1.00 e. The molecule has 0 radical (unpaired) electrons. The molecule has 1 rings (SSSR count). The van der Waals surface area contributed by atoms with Gasteiger partial charge in [0.05, 0.1) is 0 Å². The molecule has 1 aromatic carbocycles. The maximum atomic E-state index is 12.6. The average Bonchev–Trinajstić information content (AvgIpc) is 2.10. The summed E-state index contributed by atoms with van der Waals surface area (Å²) in [6.07, 6.45) is 1.04. The van der Waals surface area contributed by atoms with Crippen molar-refractivity contribution in [2.45, 2.75) is 0 Å². The minimum atomic E-state index is -1.11.